The number of aryl methyl sites for hydroxylation is 2. The Balaban J connectivity index is 1.74. The number of likely N-dealkylation sites (tertiary alicyclic amines) is 1. The van der Waals surface area contributed by atoms with E-state index in [2.05, 4.69) is 15.1 Å². The third kappa shape index (κ3) is 4.87. The Morgan fingerprint density at radius 2 is 2.00 bits per heavy atom. The first-order chi connectivity index (χ1) is 17.2. The largest absolute Gasteiger partial charge is 0.493 e. The Hall–Kier alpha value is -3.25. The molecule has 1 saturated heterocycles. The van der Waals surface area contributed by atoms with Gasteiger partial charge in [0.25, 0.3) is 5.56 Å². The van der Waals surface area contributed by atoms with Gasteiger partial charge in [0.15, 0.2) is 11.3 Å². The number of carbonyl (C=O) groups excluding carboxylic acids is 1. The summed E-state index contributed by atoms with van der Waals surface area (Å²) in [4.78, 5) is 33.8. The van der Waals surface area contributed by atoms with Crippen LogP contribution in [0.4, 0.5) is 0 Å². The highest BCUT2D eigenvalue weighted by Gasteiger charge is 2.26. The summed E-state index contributed by atoms with van der Waals surface area (Å²) >= 11 is 0. The Kier molecular flexibility index (Phi) is 7.46. The molecule has 36 heavy (non-hydrogen) atoms. The second kappa shape index (κ2) is 10.4. The molecule has 1 aliphatic rings. The number of ether oxygens (including phenoxy) is 1. The van der Waals surface area contributed by atoms with Gasteiger partial charge in [0, 0.05) is 39.5 Å². The maximum atomic E-state index is 13.4. The second-order valence-corrected chi connectivity index (χ2v) is 10.9. The van der Waals surface area contributed by atoms with E-state index in [1.165, 1.54) is 28.0 Å². The number of rotatable bonds is 10. The molecule has 0 bridgehead atoms. The van der Waals surface area contributed by atoms with Crippen LogP contribution >= 0.6 is 0 Å². The minimum atomic E-state index is -3.87. The Labute approximate surface area is 210 Å². The van der Waals surface area contributed by atoms with E-state index in [0.717, 1.165) is 12.8 Å². The number of hydrogen-bond acceptors (Lipinski definition) is 7. The van der Waals surface area contributed by atoms with Crippen LogP contribution in [-0.2, 0) is 21.2 Å². The standard InChI is InChI=1S/C24H32N6O5S/c1-5-8-20-25-16(3)22-24(32)26-23(27-30(20)22)18-15-17(10-11-19(18)35-6-2)36(33,34)28(4)13-14-29-12-7-9-21(29)31/h10-11,15H,5-9,12-14H2,1-4H3,(H,26,27,32). The van der Waals surface area contributed by atoms with Gasteiger partial charge in [0.05, 0.1) is 22.8 Å². The molecule has 1 amide bonds. The fraction of sp³-hybridized carbons (Fsp3) is 0.500. The van der Waals surface area contributed by atoms with E-state index >= 15 is 0 Å². The number of sulfonamides is 1. The summed E-state index contributed by atoms with van der Waals surface area (Å²) in [6.07, 6.45) is 2.77. The van der Waals surface area contributed by atoms with Crippen molar-refractivity contribution in [2.24, 2.45) is 0 Å². The van der Waals surface area contributed by atoms with E-state index in [0.29, 0.717) is 60.9 Å². The summed E-state index contributed by atoms with van der Waals surface area (Å²) in [5, 5.41) is 4.62. The average molecular weight is 517 g/mol. The lowest BCUT2D eigenvalue weighted by molar-refractivity contribution is -0.127. The monoisotopic (exact) mass is 516 g/mol. The minimum Gasteiger partial charge on any atom is -0.493 e. The van der Waals surface area contributed by atoms with E-state index < -0.39 is 10.0 Å². The molecule has 4 rings (SSSR count). The van der Waals surface area contributed by atoms with Crippen LogP contribution in [0.15, 0.2) is 27.9 Å². The highest BCUT2D eigenvalue weighted by atomic mass is 32.2. The fourth-order valence-corrected chi connectivity index (χ4v) is 5.57. The van der Waals surface area contributed by atoms with E-state index in [1.54, 1.807) is 17.9 Å². The van der Waals surface area contributed by atoms with Crippen molar-refractivity contribution in [3.8, 4) is 17.1 Å². The molecule has 11 nitrogen and oxygen atoms in total. The highest BCUT2D eigenvalue weighted by molar-refractivity contribution is 7.89. The van der Waals surface area contributed by atoms with Gasteiger partial charge in [0.2, 0.25) is 15.9 Å². The Bertz CT molecular complexity index is 1450. The first-order valence-electron chi connectivity index (χ1n) is 12.2. The normalized spacial score (nSPS) is 14.4. The van der Waals surface area contributed by atoms with Crippen molar-refractivity contribution >= 4 is 21.4 Å². The van der Waals surface area contributed by atoms with Gasteiger partial charge < -0.3 is 14.6 Å². The number of aromatic amines is 1. The molecule has 0 radical (unpaired) electrons. The summed E-state index contributed by atoms with van der Waals surface area (Å²) in [6.45, 7) is 7.10. The molecule has 1 N–H and O–H groups in total. The van der Waals surface area contributed by atoms with Crippen LogP contribution in [0.2, 0.25) is 0 Å². The molecule has 0 saturated carbocycles. The number of likely N-dealkylation sites (N-methyl/N-ethyl adjacent to an activating group) is 1. The summed E-state index contributed by atoms with van der Waals surface area (Å²) in [7, 11) is -2.39. The second-order valence-electron chi connectivity index (χ2n) is 8.83. The van der Waals surface area contributed by atoms with Gasteiger partial charge in [-0.25, -0.2) is 17.9 Å². The van der Waals surface area contributed by atoms with Crippen molar-refractivity contribution < 1.29 is 17.9 Å². The summed E-state index contributed by atoms with van der Waals surface area (Å²) in [6, 6.07) is 4.51. The van der Waals surface area contributed by atoms with E-state index in [-0.39, 0.29) is 28.7 Å². The lowest BCUT2D eigenvalue weighted by Gasteiger charge is -2.22. The van der Waals surface area contributed by atoms with Crippen LogP contribution in [0.1, 0.15) is 44.6 Å². The lowest BCUT2D eigenvalue weighted by Crippen LogP contribution is -2.36. The Morgan fingerprint density at radius 3 is 2.67 bits per heavy atom. The molecule has 0 spiro atoms. The fourth-order valence-electron chi connectivity index (χ4n) is 4.38. The molecule has 3 aromatic rings. The van der Waals surface area contributed by atoms with E-state index in [9.17, 15) is 18.0 Å². The molecule has 2 aromatic heterocycles. The highest BCUT2D eigenvalue weighted by Crippen LogP contribution is 2.31. The van der Waals surface area contributed by atoms with Gasteiger partial charge in [0.1, 0.15) is 11.6 Å². The van der Waals surface area contributed by atoms with Crippen LogP contribution in [0.3, 0.4) is 0 Å². The zero-order chi connectivity index (χ0) is 26.0. The Morgan fingerprint density at radius 1 is 1.22 bits per heavy atom. The van der Waals surface area contributed by atoms with Crippen LogP contribution < -0.4 is 10.3 Å². The van der Waals surface area contributed by atoms with Crippen LogP contribution in [-0.4, -0.2) is 76.4 Å². The van der Waals surface area contributed by atoms with E-state index in [4.69, 9.17) is 4.74 Å². The molecular weight excluding hydrogens is 484 g/mol. The SMILES string of the molecule is CCCc1nc(C)c2c(=O)[nH]c(-c3cc(S(=O)(=O)N(C)CCN4CCCC4=O)ccc3OCC)nn12. The lowest BCUT2D eigenvalue weighted by atomic mass is 10.2. The number of amides is 1. The third-order valence-corrected chi connectivity index (χ3v) is 8.14. The van der Waals surface area contributed by atoms with Crippen molar-refractivity contribution in [1.29, 1.82) is 0 Å². The average Bonchev–Trinajstić information content (AvgIpc) is 3.40. The quantitative estimate of drug-likeness (QED) is 0.436. The third-order valence-electron chi connectivity index (χ3n) is 6.29. The maximum Gasteiger partial charge on any atom is 0.277 e. The number of nitrogens with one attached hydrogen (secondary N) is 1. The van der Waals surface area contributed by atoms with Crippen molar-refractivity contribution in [2.75, 3.05) is 33.3 Å². The molecule has 3 heterocycles. The van der Waals surface area contributed by atoms with Gasteiger partial charge in [-0.05, 0) is 44.9 Å². The van der Waals surface area contributed by atoms with Gasteiger partial charge in [-0.1, -0.05) is 6.92 Å². The van der Waals surface area contributed by atoms with Crippen LogP contribution in [0, 0.1) is 6.92 Å². The van der Waals surface area contributed by atoms with Gasteiger partial charge in [-0.15, -0.1) is 5.10 Å². The molecule has 0 aliphatic carbocycles. The molecular formula is C24H32N6O5S. The number of imidazole rings is 1. The van der Waals surface area contributed by atoms with Crippen LogP contribution in [0.25, 0.3) is 16.9 Å². The van der Waals surface area contributed by atoms with Crippen molar-refractivity contribution in [2.45, 2.75) is 51.3 Å². The first kappa shape index (κ1) is 25.8. The first-order valence-corrected chi connectivity index (χ1v) is 13.6. The maximum absolute atomic E-state index is 13.4. The zero-order valence-corrected chi connectivity index (χ0v) is 21.9. The number of carbonyl (C=O) groups is 1. The smallest absolute Gasteiger partial charge is 0.277 e. The summed E-state index contributed by atoms with van der Waals surface area (Å²) in [5.41, 5.74) is 0.933. The number of aromatic nitrogens is 4. The molecule has 1 aliphatic heterocycles. The van der Waals surface area contributed by atoms with Crippen molar-refractivity contribution in [3.63, 3.8) is 0 Å². The predicted molar refractivity (Wildman–Crippen MR) is 135 cm³/mol. The molecule has 12 heteroatoms. The summed E-state index contributed by atoms with van der Waals surface area (Å²) in [5.74, 6) is 1.30. The van der Waals surface area contributed by atoms with E-state index in [1.807, 2.05) is 13.8 Å². The molecule has 0 atom stereocenters. The number of hydrogen-bond donors (Lipinski definition) is 1. The molecule has 1 fully saturated rings. The topological polar surface area (TPSA) is 130 Å². The number of benzene rings is 1. The number of H-pyrrole nitrogens is 1. The summed E-state index contributed by atoms with van der Waals surface area (Å²) < 4.78 is 35.2. The molecule has 1 aromatic carbocycles. The molecule has 0 unspecified atom stereocenters. The van der Waals surface area contributed by atoms with Gasteiger partial charge in [-0.3, -0.25) is 9.59 Å². The zero-order valence-electron chi connectivity index (χ0n) is 21.1. The number of fused-ring (bicyclic) bond motifs is 1. The van der Waals surface area contributed by atoms with Crippen molar-refractivity contribution in [3.05, 3.63) is 40.1 Å². The minimum absolute atomic E-state index is 0.0366. The molecule has 194 valence electrons. The predicted octanol–water partition coefficient (Wildman–Crippen LogP) is 1.99. The van der Waals surface area contributed by atoms with Gasteiger partial charge >= 0.3 is 0 Å². The van der Waals surface area contributed by atoms with Gasteiger partial charge in [-0.2, -0.15) is 4.31 Å². The van der Waals surface area contributed by atoms with Crippen molar-refractivity contribution in [1.82, 2.24) is 28.8 Å². The van der Waals surface area contributed by atoms with Crippen LogP contribution in [0.5, 0.6) is 5.75 Å². The number of nitrogens with zero attached hydrogens (tertiary/aromatic N) is 5.